The summed E-state index contributed by atoms with van der Waals surface area (Å²) in [4.78, 5) is 0. The van der Waals surface area contributed by atoms with Crippen LogP contribution in [-0.4, -0.2) is 17.0 Å². The second-order valence-electron chi connectivity index (χ2n) is 3.25. The maximum atomic E-state index is 9.04. The van der Waals surface area contributed by atoms with Gasteiger partial charge in [0, 0.05) is 5.17 Å². The SMILES string of the molecule is CCCCCCCCOC(N)=S.NC([O-])=S.[Na+]. The predicted octanol–water partition coefficient (Wildman–Crippen LogP) is -1.80. The van der Waals surface area contributed by atoms with Crippen LogP contribution in [0.2, 0.25) is 0 Å². The van der Waals surface area contributed by atoms with Crippen LogP contribution in [0, 0.1) is 0 Å². The fourth-order valence-corrected chi connectivity index (χ4v) is 1.14. The van der Waals surface area contributed by atoms with Crippen LogP contribution in [0.5, 0.6) is 0 Å². The largest absolute Gasteiger partial charge is 1.00 e. The molecule has 0 aromatic carbocycles. The van der Waals surface area contributed by atoms with E-state index in [4.69, 9.17) is 15.6 Å². The van der Waals surface area contributed by atoms with Gasteiger partial charge in [-0.1, -0.05) is 51.2 Å². The van der Waals surface area contributed by atoms with E-state index < -0.39 is 5.17 Å². The van der Waals surface area contributed by atoms with Crippen LogP contribution in [0.3, 0.4) is 0 Å². The van der Waals surface area contributed by atoms with Crippen molar-refractivity contribution in [2.75, 3.05) is 6.61 Å². The molecule has 0 radical (unpaired) electrons. The topological polar surface area (TPSA) is 84.3 Å². The van der Waals surface area contributed by atoms with E-state index in [1.807, 2.05) is 0 Å². The summed E-state index contributed by atoms with van der Waals surface area (Å²) in [6.45, 7) is 2.90. The number of hydrogen-bond donors (Lipinski definition) is 2. The zero-order valence-electron chi connectivity index (χ0n) is 10.7. The Balaban J connectivity index is -0.000000340. The van der Waals surface area contributed by atoms with Crippen LogP contribution in [0.25, 0.3) is 0 Å². The van der Waals surface area contributed by atoms with Gasteiger partial charge in [0.05, 0.1) is 6.61 Å². The molecule has 0 atom stereocenters. The second kappa shape index (κ2) is 18.7. The summed E-state index contributed by atoms with van der Waals surface area (Å²) in [6.07, 6.45) is 7.57. The first-order valence-corrected chi connectivity index (χ1v) is 6.21. The number of thiocarbonyl (C=S) groups is 2. The molecule has 0 aromatic rings. The number of nitrogens with two attached hydrogens (primary N) is 2. The van der Waals surface area contributed by atoms with Gasteiger partial charge in [-0.2, -0.15) is 0 Å². The molecule has 7 heteroatoms. The fourth-order valence-electron chi connectivity index (χ4n) is 1.06. The molecule has 4 nitrogen and oxygen atoms in total. The summed E-state index contributed by atoms with van der Waals surface area (Å²) in [5, 5.41) is 8.46. The monoisotopic (exact) mass is 288 g/mol. The van der Waals surface area contributed by atoms with Crippen LogP contribution in [-0.2, 0) is 4.74 Å². The third-order valence-electron chi connectivity index (χ3n) is 1.74. The van der Waals surface area contributed by atoms with Crippen molar-refractivity contribution in [3.05, 3.63) is 0 Å². The molecule has 0 saturated carbocycles. The minimum Gasteiger partial charge on any atom is -0.852 e. The zero-order chi connectivity index (χ0) is 12.8. The van der Waals surface area contributed by atoms with Crippen LogP contribution < -0.4 is 46.1 Å². The van der Waals surface area contributed by atoms with E-state index in [1.54, 1.807) is 0 Å². The Morgan fingerprint density at radius 2 is 1.47 bits per heavy atom. The van der Waals surface area contributed by atoms with E-state index in [2.05, 4.69) is 37.1 Å². The van der Waals surface area contributed by atoms with Gasteiger partial charge in [0.1, 0.15) is 0 Å². The summed E-state index contributed by atoms with van der Waals surface area (Å²) in [5.74, 6) is 0. The quantitative estimate of drug-likeness (QED) is 0.327. The molecule has 17 heavy (non-hydrogen) atoms. The first-order chi connectivity index (χ1) is 7.50. The number of unbranched alkanes of at least 4 members (excludes halogenated alkanes) is 5. The van der Waals surface area contributed by atoms with Crippen LogP contribution in [0.1, 0.15) is 45.4 Å². The van der Waals surface area contributed by atoms with E-state index in [9.17, 15) is 0 Å². The van der Waals surface area contributed by atoms with E-state index in [0.29, 0.717) is 6.61 Å². The van der Waals surface area contributed by atoms with Gasteiger partial charge in [-0.15, -0.1) is 0 Å². The first-order valence-electron chi connectivity index (χ1n) is 5.39. The van der Waals surface area contributed by atoms with Crippen molar-refractivity contribution >= 4 is 34.8 Å². The number of rotatable bonds is 7. The zero-order valence-corrected chi connectivity index (χ0v) is 14.4. The minimum atomic E-state index is -0.750. The molecular weight excluding hydrogens is 267 g/mol. The maximum absolute atomic E-state index is 9.04. The van der Waals surface area contributed by atoms with Crippen molar-refractivity contribution in [2.24, 2.45) is 11.5 Å². The maximum Gasteiger partial charge on any atom is 1.00 e. The van der Waals surface area contributed by atoms with E-state index in [-0.39, 0.29) is 34.7 Å². The smallest absolute Gasteiger partial charge is 0.852 e. The third kappa shape index (κ3) is 38.5. The van der Waals surface area contributed by atoms with Crippen LogP contribution in [0.4, 0.5) is 0 Å². The Hall–Kier alpha value is 0.380. The van der Waals surface area contributed by atoms with Gasteiger partial charge in [-0.05, 0) is 18.6 Å². The number of hydrogen-bond acceptors (Lipinski definition) is 4. The summed E-state index contributed by atoms with van der Waals surface area (Å²) < 4.78 is 4.96. The molecule has 0 aliphatic rings. The Kier molecular flexibility index (Phi) is 24.9. The summed E-state index contributed by atoms with van der Waals surface area (Å²) in [7, 11) is 0. The average Bonchev–Trinajstić information content (AvgIpc) is 2.15. The second-order valence-corrected chi connectivity index (χ2v) is 4.06. The fraction of sp³-hybridized carbons (Fsp3) is 0.800. The first kappa shape index (κ1) is 22.6. The minimum absolute atomic E-state index is 0. The molecule has 0 saturated heterocycles. The van der Waals surface area contributed by atoms with E-state index in [0.717, 1.165) is 6.42 Å². The Morgan fingerprint density at radius 3 is 1.88 bits per heavy atom. The molecule has 4 N–H and O–H groups in total. The molecule has 0 bridgehead atoms. The molecule has 0 aliphatic carbocycles. The molecule has 0 rings (SSSR count). The summed E-state index contributed by atoms with van der Waals surface area (Å²) in [6, 6.07) is 0. The van der Waals surface area contributed by atoms with Crippen molar-refractivity contribution in [3.63, 3.8) is 0 Å². The average molecular weight is 288 g/mol. The molecule has 0 aliphatic heterocycles. The molecule has 96 valence electrons. The normalized spacial score (nSPS) is 8.29. The summed E-state index contributed by atoms with van der Waals surface area (Å²) in [5.41, 5.74) is 9.45. The van der Waals surface area contributed by atoms with E-state index >= 15 is 0 Å². The van der Waals surface area contributed by atoms with Crippen molar-refractivity contribution in [1.82, 2.24) is 0 Å². The van der Waals surface area contributed by atoms with Crippen molar-refractivity contribution in [1.29, 1.82) is 0 Å². The van der Waals surface area contributed by atoms with Gasteiger partial charge in [-0.3, -0.25) is 0 Å². The number of ether oxygens (including phenoxy) is 1. The van der Waals surface area contributed by atoms with Gasteiger partial charge in [0.25, 0.3) is 5.17 Å². The van der Waals surface area contributed by atoms with Gasteiger partial charge in [0.15, 0.2) is 0 Å². The molecule has 0 unspecified atom stereocenters. The molecule has 0 fully saturated rings. The Morgan fingerprint density at radius 1 is 1.06 bits per heavy atom. The molecule has 0 heterocycles. The van der Waals surface area contributed by atoms with Gasteiger partial charge in [0.2, 0.25) is 0 Å². The van der Waals surface area contributed by atoms with Crippen molar-refractivity contribution < 1.29 is 39.4 Å². The molecular formula is C10H21N2NaO2S2. The van der Waals surface area contributed by atoms with Crippen LogP contribution >= 0.6 is 24.4 Å². The van der Waals surface area contributed by atoms with Crippen molar-refractivity contribution in [2.45, 2.75) is 45.4 Å². The Labute approximate surface area is 137 Å². The van der Waals surface area contributed by atoms with Gasteiger partial charge in [-0.25, -0.2) is 0 Å². The third-order valence-corrected chi connectivity index (χ3v) is 1.86. The van der Waals surface area contributed by atoms with E-state index in [1.165, 1.54) is 32.1 Å². The van der Waals surface area contributed by atoms with Gasteiger partial charge < -0.3 is 21.3 Å². The summed E-state index contributed by atoms with van der Waals surface area (Å²) >= 11 is 8.33. The predicted molar refractivity (Wildman–Crippen MR) is 72.9 cm³/mol. The Bertz CT molecular complexity index is 191. The standard InChI is InChI=1S/C9H19NOS.CH3NOS.Na/c1-2-3-4-5-6-7-8-11-9(10)12;2-1(3)4;/h2-8H2,1H3,(H2,10,12);(H3,2,3,4);/q;;+1/p-1. The van der Waals surface area contributed by atoms with Crippen molar-refractivity contribution in [3.8, 4) is 0 Å². The molecule has 0 aromatic heterocycles. The molecule has 0 amide bonds. The van der Waals surface area contributed by atoms with Gasteiger partial charge >= 0.3 is 29.6 Å². The molecule has 0 spiro atoms. The van der Waals surface area contributed by atoms with Crippen LogP contribution in [0.15, 0.2) is 0 Å².